The fourth-order valence-corrected chi connectivity index (χ4v) is 1.58. The molecule has 0 radical (unpaired) electrons. The standard InChI is InChI=1S/C12H12ClN/c13-7-2-1-3-10-4-5-12-11(9-10)6-8-14-12/h1,3-6,8-9,14H,2,7H2. The quantitative estimate of drug-likeness (QED) is 0.734. The molecule has 0 aliphatic rings. The third-order valence-electron chi connectivity index (χ3n) is 2.16. The van der Waals surface area contributed by atoms with E-state index in [4.69, 9.17) is 11.6 Å². The Bertz CT molecular complexity index is 442. The fourth-order valence-electron chi connectivity index (χ4n) is 1.46. The van der Waals surface area contributed by atoms with Gasteiger partial charge in [-0.1, -0.05) is 18.2 Å². The highest BCUT2D eigenvalue weighted by atomic mass is 35.5. The van der Waals surface area contributed by atoms with Crippen LogP contribution in [0.5, 0.6) is 0 Å². The maximum atomic E-state index is 5.59. The van der Waals surface area contributed by atoms with Gasteiger partial charge in [-0.2, -0.15) is 0 Å². The van der Waals surface area contributed by atoms with Gasteiger partial charge in [0.05, 0.1) is 0 Å². The molecule has 1 nitrogen and oxygen atoms in total. The highest BCUT2D eigenvalue weighted by molar-refractivity contribution is 6.17. The van der Waals surface area contributed by atoms with E-state index >= 15 is 0 Å². The van der Waals surface area contributed by atoms with Crippen LogP contribution >= 0.6 is 11.6 Å². The molecular weight excluding hydrogens is 194 g/mol. The predicted octanol–water partition coefficient (Wildman–Crippen LogP) is 3.81. The van der Waals surface area contributed by atoms with Crippen LogP contribution in [0.4, 0.5) is 0 Å². The van der Waals surface area contributed by atoms with E-state index in [-0.39, 0.29) is 0 Å². The Morgan fingerprint density at radius 2 is 2.21 bits per heavy atom. The first-order valence-corrected chi connectivity index (χ1v) is 5.23. The van der Waals surface area contributed by atoms with Crippen LogP contribution in [0.25, 0.3) is 17.0 Å². The minimum Gasteiger partial charge on any atom is -0.361 e. The van der Waals surface area contributed by atoms with Crippen LogP contribution in [0, 0.1) is 0 Å². The summed E-state index contributed by atoms with van der Waals surface area (Å²) in [5, 5.41) is 1.25. The number of hydrogen-bond donors (Lipinski definition) is 1. The number of fused-ring (bicyclic) bond motifs is 1. The number of rotatable bonds is 3. The van der Waals surface area contributed by atoms with Gasteiger partial charge in [0.1, 0.15) is 0 Å². The van der Waals surface area contributed by atoms with Crippen LogP contribution in [0.3, 0.4) is 0 Å². The summed E-state index contributed by atoms with van der Waals surface area (Å²) < 4.78 is 0. The number of halogens is 1. The SMILES string of the molecule is ClCCC=Cc1ccc2[nH]ccc2c1. The summed E-state index contributed by atoms with van der Waals surface area (Å²) in [6, 6.07) is 8.43. The zero-order chi connectivity index (χ0) is 9.80. The maximum Gasteiger partial charge on any atom is 0.0454 e. The Morgan fingerprint density at radius 3 is 3.07 bits per heavy atom. The average molecular weight is 206 g/mol. The molecule has 0 fully saturated rings. The van der Waals surface area contributed by atoms with Gasteiger partial charge in [-0.25, -0.2) is 0 Å². The van der Waals surface area contributed by atoms with E-state index < -0.39 is 0 Å². The molecule has 1 aromatic carbocycles. The first-order chi connectivity index (χ1) is 6.90. The first-order valence-electron chi connectivity index (χ1n) is 4.70. The normalized spacial score (nSPS) is 11.5. The van der Waals surface area contributed by atoms with Crippen LogP contribution in [-0.2, 0) is 0 Å². The number of hydrogen-bond acceptors (Lipinski definition) is 0. The highest BCUT2D eigenvalue weighted by Gasteiger charge is 1.93. The lowest BCUT2D eigenvalue weighted by atomic mass is 10.1. The number of aromatic nitrogens is 1. The molecule has 14 heavy (non-hydrogen) atoms. The minimum absolute atomic E-state index is 0.683. The van der Waals surface area contributed by atoms with Crippen molar-refractivity contribution >= 4 is 28.6 Å². The number of aromatic amines is 1. The lowest BCUT2D eigenvalue weighted by Gasteiger charge is -1.94. The topological polar surface area (TPSA) is 15.8 Å². The van der Waals surface area contributed by atoms with E-state index in [9.17, 15) is 0 Å². The Hall–Kier alpha value is -1.21. The van der Waals surface area contributed by atoms with Gasteiger partial charge in [-0.15, -0.1) is 11.6 Å². The van der Waals surface area contributed by atoms with Gasteiger partial charge >= 0.3 is 0 Å². The molecule has 72 valence electrons. The molecule has 2 heteroatoms. The molecule has 0 spiro atoms. The zero-order valence-corrected chi connectivity index (χ0v) is 8.59. The molecule has 1 heterocycles. The van der Waals surface area contributed by atoms with Gasteiger partial charge in [0.25, 0.3) is 0 Å². The predicted molar refractivity (Wildman–Crippen MR) is 62.7 cm³/mol. The van der Waals surface area contributed by atoms with E-state index in [0.717, 1.165) is 6.42 Å². The van der Waals surface area contributed by atoms with Crippen LogP contribution in [-0.4, -0.2) is 10.9 Å². The average Bonchev–Trinajstić information content (AvgIpc) is 2.65. The van der Waals surface area contributed by atoms with Crippen molar-refractivity contribution in [2.24, 2.45) is 0 Å². The molecule has 2 aromatic rings. The zero-order valence-electron chi connectivity index (χ0n) is 7.83. The molecule has 2 rings (SSSR count). The molecule has 1 N–H and O–H groups in total. The summed E-state index contributed by atoms with van der Waals surface area (Å²) in [5.41, 5.74) is 2.40. The molecule has 0 aliphatic carbocycles. The van der Waals surface area contributed by atoms with Crippen molar-refractivity contribution in [3.63, 3.8) is 0 Å². The third kappa shape index (κ3) is 1.99. The largest absolute Gasteiger partial charge is 0.361 e. The highest BCUT2D eigenvalue weighted by Crippen LogP contribution is 2.15. The number of H-pyrrole nitrogens is 1. The number of allylic oxidation sites excluding steroid dienone is 1. The van der Waals surface area contributed by atoms with Crippen molar-refractivity contribution < 1.29 is 0 Å². The van der Waals surface area contributed by atoms with Gasteiger partial charge in [-0.3, -0.25) is 0 Å². The van der Waals surface area contributed by atoms with Crippen molar-refractivity contribution in [2.75, 3.05) is 5.88 Å². The molecule has 0 atom stereocenters. The van der Waals surface area contributed by atoms with Gasteiger partial charge in [0, 0.05) is 17.6 Å². The van der Waals surface area contributed by atoms with Crippen LogP contribution in [0.15, 0.2) is 36.5 Å². The van der Waals surface area contributed by atoms with Gasteiger partial charge in [0.15, 0.2) is 0 Å². The molecule has 0 bridgehead atoms. The summed E-state index contributed by atoms with van der Waals surface area (Å²) in [7, 11) is 0. The summed E-state index contributed by atoms with van der Waals surface area (Å²) in [4.78, 5) is 3.17. The lowest BCUT2D eigenvalue weighted by Crippen LogP contribution is -1.73. The number of benzene rings is 1. The van der Waals surface area contributed by atoms with Crippen molar-refractivity contribution in [1.29, 1.82) is 0 Å². The summed E-state index contributed by atoms with van der Waals surface area (Å²) in [6.07, 6.45) is 7.08. The van der Waals surface area contributed by atoms with E-state index in [2.05, 4.69) is 41.4 Å². The lowest BCUT2D eigenvalue weighted by molar-refractivity contribution is 1.24. The summed E-state index contributed by atoms with van der Waals surface area (Å²) in [5.74, 6) is 0.683. The molecule has 1 aromatic heterocycles. The molecule has 0 saturated heterocycles. The molecule has 0 saturated carbocycles. The fraction of sp³-hybridized carbons (Fsp3) is 0.167. The van der Waals surface area contributed by atoms with Crippen molar-refractivity contribution in [3.05, 3.63) is 42.1 Å². The van der Waals surface area contributed by atoms with E-state index in [1.54, 1.807) is 0 Å². The molecule has 0 amide bonds. The van der Waals surface area contributed by atoms with Crippen molar-refractivity contribution in [2.45, 2.75) is 6.42 Å². The second kappa shape index (κ2) is 4.34. The third-order valence-corrected chi connectivity index (χ3v) is 2.38. The van der Waals surface area contributed by atoms with E-state index in [1.165, 1.54) is 16.5 Å². The Balaban J connectivity index is 2.25. The van der Waals surface area contributed by atoms with Crippen LogP contribution in [0.1, 0.15) is 12.0 Å². The summed E-state index contributed by atoms with van der Waals surface area (Å²) >= 11 is 5.59. The molecular formula is C12H12ClN. The smallest absolute Gasteiger partial charge is 0.0454 e. The van der Waals surface area contributed by atoms with Crippen LogP contribution < -0.4 is 0 Å². The monoisotopic (exact) mass is 205 g/mol. The van der Waals surface area contributed by atoms with Crippen molar-refractivity contribution in [1.82, 2.24) is 4.98 Å². The summed E-state index contributed by atoms with van der Waals surface area (Å²) in [6.45, 7) is 0. The van der Waals surface area contributed by atoms with Gasteiger partial charge < -0.3 is 4.98 Å². The number of nitrogens with one attached hydrogen (secondary N) is 1. The maximum absolute atomic E-state index is 5.59. The first kappa shape index (κ1) is 9.35. The van der Waals surface area contributed by atoms with Crippen LogP contribution in [0.2, 0.25) is 0 Å². The second-order valence-corrected chi connectivity index (χ2v) is 3.58. The Kier molecular flexibility index (Phi) is 2.90. The van der Waals surface area contributed by atoms with Gasteiger partial charge in [-0.05, 0) is 35.6 Å². The minimum atomic E-state index is 0.683. The van der Waals surface area contributed by atoms with Gasteiger partial charge in [0.2, 0.25) is 0 Å². The Morgan fingerprint density at radius 1 is 1.29 bits per heavy atom. The molecule has 0 aliphatic heterocycles. The second-order valence-electron chi connectivity index (χ2n) is 3.20. The van der Waals surface area contributed by atoms with E-state index in [0.29, 0.717) is 5.88 Å². The Labute approximate surface area is 88.4 Å². The molecule has 0 unspecified atom stereocenters. The van der Waals surface area contributed by atoms with E-state index in [1.807, 2.05) is 6.20 Å². The van der Waals surface area contributed by atoms with Crippen molar-refractivity contribution in [3.8, 4) is 0 Å². The number of alkyl halides is 1.